The molecule has 3 aromatic heterocycles. The summed E-state index contributed by atoms with van der Waals surface area (Å²) in [5.74, 6) is 0.444. The molecule has 0 aliphatic heterocycles. The third kappa shape index (κ3) is 1.68. The van der Waals surface area contributed by atoms with Gasteiger partial charge in [-0.1, -0.05) is 6.92 Å². The van der Waals surface area contributed by atoms with Crippen molar-refractivity contribution in [3.63, 3.8) is 0 Å². The lowest BCUT2D eigenvalue weighted by atomic mass is 10.2. The van der Waals surface area contributed by atoms with Crippen molar-refractivity contribution >= 4 is 17.1 Å². The number of pyridine rings is 1. The van der Waals surface area contributed by atoms with Gasteiger partial charge in [-0.05, 0) is 25.0 Å². The van der Waals surface area contributed by atoms with Crippen molar-refractivity contribution in [2.75, 3.05) is 5.73 Å². The average Bonchev–Trinajstić information content (AvgIpc) is 2.89. The number of aryl methyl sites for hydroxylation is 3. The molecule has 0 saturated heterocycles. The van der Waals surface area contributed by atoms with Gasteiger partial charge in [0.05, 0.1) is 11.4 Å². The molecule has 0 aromatic carbocycles. The maximum absolute atomic E-state index is 6.06. The Hall–Kier alpha value is -2.37. The number of hydrogen-bond acceptors (Lipinski definition) is 4. The Morgan fingerprint density at radius 1 is 1.37 bits per heavy atom. The second-order valence-electron chi connectivity index (χ2n) is 4.59. The van der Waals surface area contributed by atoms with E-state index in [1.165, 1.54) is 0 Å². The van der Waals surface area contributed by atoms with Gasteiger partial charge < -0.3 is 5.73 Å². The van der Waals surface area contributed by atoms with Crippen LogP contribution in [-0.2, 0) is 13.5 Å². The van der Waals surface area contributed by atoms with E-state index in [1.54, 1.807) is 10.9 Å². The highest BCUT2D eigenvalue weighted by atomic mass is 15.3. The minimum atomic E-state index is 0.444. The molecule has 3 rings (SSSR count). The Kier molecular flexibility index (Phi) is 2.51. The van der Waals surface area contributed by atoms with E-state index in [4.69, 9.17) is 5.73 Å². The molecular formula is C13H16N6. The van der Waals surface area contributed by atoms with Crippen LogP contribution in [0.3, 0.4) is 0 Å². The molecule has 0 radical (unpaired) electrons. The SMILES string of the molecule is CCc1nn(C)cc1-n1c(N)nc2c(C)ccnc21. The highest BCUT2D eigenvalue weighted by Gasteiger charge is 2.17. The first-order valence-corrected chi connectivity index (χ1v) is 6.24. The van der Waals surface area contributed by atoms with Gasteiger partial charge in [0.1, 0.15) is 5.52 Å². The van der Waals surface area contributed by atoms with Gasteiger partial charge in [0.25, 0.3) is 0 Å². The van der Waals surface area contributed by atoms with E-state index in [9.17, 15) is 0 Å². The summed E-state index contributed by atoms with van der Waals surface area (Å²) in [6.45, 7) is 4.07. The predicted octanol–water partition coefficient (Wildman–Crippen LogP) is 1.61. The molecule has 0 aliphatic rings. The number of imidazole rings is 1. The van der Waals surface area contributed by atoms with Crippen LogP contribution in [0.25, 0.3) is 16.9 Å². The zero-order valence-electron chi connectivity index (χ0n) is 11.3. The second kappa shape index (κ2) is 4.08. The molecule has 0 saturated carbocycles. The van der Waals surface area contributed by atoms with Crippen molar-refractivity contribution in [1.82, 2.24) is 24.3 Å². The highest BCUT2D eigenvalue weighted by Crippen LogP contribution is 2.25. The van der Waals surface area contributed by atoms with Gasteiger partial charge in [0, 0.05) is 19.4 Å². The largest absolute Gasteiger partial charge is 0.369 e. The topological polar surface area (TPSA) is 74.5 Å². The molecule has 2 N–H and O–H groups in total. The summed E-state index contributed by atoms with van der Waals surface area (Å²) in [5.41, 5.74) is 10.7. The van der Waals surface area contributed by atoms with E-state index in [1.807, 2.05) is 30.8 Å². The minimum absolute atomic E-state index is 0.444. The molecular weight excluding hydrogens is 240 g/mol. The van der Waals surface area contributed by atoms with Crippen LogP contribution in [0.2, 0.25) is 0 Å². The fraction of sp³-hybridized carbons (Fsp3) is 0.308. The maximum Gasteiger partial charge on any atom is 0.207 e. The van der Waals surface area contributed by atoms with Gasteiger partial charge in [-0.25, -0.2) is 9.97 Å². The number of rotatable bonds is 2. The van der Waals surface area contributed by atoms with Crippen LogP contribution < -0.4 is 5.73 Å². The Labute approximate surface area is 110 Å². The third-order valence-electron chi connectivity index (χ3n) is 3.23. The molecule has 0 spiro atoms. The number of nitrogens with two attached hydrogens (primary N) is 1. The monoisotopic (exact) mass is 256 g/mol. The fourth-order valence-electron chi connectivity index (χ4n) is 2.31. The summed E-state index contributed by atoms with van der Waals surface area (Å²) < 4.78 is 3.66. The van der Waals surface area contributed by atoms with Crippen molar-refractivity contribution in [3.05, 3.63) is 29.7 Å². The van der Waals surface area contributed by atoms with Crippen LogP contribution in [0.1, 0.15) is 18.2 Å². The zero-order chi connectivity index (χ0) is 13.6. The Balaban J connectivity index is 2.36. The fourth-order valence-corrected chi connectivity index (χ4v) is 2.31. The van der Waals surface area contributed by atoms with Gasteiger partial charge in [-0.2, -0.15) is 5.10 Å². The lowest BCUT2D eigenvalue weighted by Crippen LogP contribution is -2.03. The molecule has 3 aromatic rings. The zero-order valence-corrected chi connectivity index (χ0v) is 11.3. The van der Waals surface area contributed by atoms with Crippen molar-refractivity contribution < 1.29 is 0 Å². The number of nitrogen functional groups attached to an aromatic ring is 1. The molecule has 0 bridgehead atoms. The summed E-state index contributed by atoms with van der Waals surface area (Å²) >= 11 is 0. The van der Waals surface area contributed by atoms with Crippen molar-refractivity contribution in [1.29, 1.82) is 0 Å². The van der Waals surface area contributed by atoms with Crippen molar-refractivity contribution in [2.24, 2.45) is 7.05 Å². The third-order valence-corrected chi connectivity index (χ3v) is 3.23. The van der Waals surface area contributed by atoms with Gasteiger partial charge in [0.15, 0.2) is 5.65 Å². The summed E-state index contributed by atoms with van der Waals surface area (Å²) in [7, 11) is 1.90. The summed E-state index contributed by atoms with van der Waals surface area (Å²) in [4.78, 5) is 8.82. The van der Waals surface area contributed by atoms with E-state index < -0.39 is 0 Å². The molecule has 3 heterocycles. The quantitative estimate of drug-likeness (QED) is 0.755. The number of nitrogens with zero attached hydrogens (tertiary/aromatic N) is 5. The van der Waals surface area contributed by atoms with Crippen molar-refractivity contribution in [3.8, 4) is 5.69 Å². The Bertz CT molecular complexity index is 752. The van der Waals surface area contributed by atoms with E-state index in [0.29, 0.717) is 5.95 Å². The standard InChI is InChI=1S/C13H16N6/c1-4-9-10(7-18(3)17-9)19-12-11(16-13(19)14)8(2)5-6-15-12/h5-7H,4H2,1-3H3,(H2,14,16). The molecule has 0 amide bonds. The van der Waals surface area contributed by atoms with E-state index >= 15 is 0 Å². The molecule has 0 atom stereocenters. The van der Waals surface area contributed by atoms with E-state index in [2.05, 4.69) is 22.0 Å². The van der Waals surface area contributed by atoms with Gasteiger partial charge in [-0.15, -0.1) is 0 Å². The molecule has 0 aliphatic carbocycles. The minimum Gasteiger partial charge on any atom is -0.369 e. The molecule has 0 unspecified atom stereocenters. The van der Waals surface area contributed by atoms with Crippen molar-refractivity contribution in [2.45, 2.75) is 20.3 Å². The summed E-state index contributed by atoms with van der Waals surface area (Å²) in [5, 5.41) is 4.44. The van der Waals surface area contributed by atoms with Crippen LogP contribution in [0, 0.1) is 6.92 Å². The number of anilines is 1. The second-order valence-corrected chi connectivity index (χ2v) is 4.59. The lowest BCUT2D eigenvalue weighted by Gasteiger charge is -2.04. The summed E-state index contributed by atoms with van der Waals surface area (Å²) in [6, 6.07) is 1.93. The number of aromatic nitrogens is 5. The summed E-state index contributed by atoms with van der Waals surface area (Å²) in [6.07, 6.45) is 4.55. The van der Waals surface area contributed by atoms with Crippen LogP contribution in [0.15, 0.2) is 18.5 Å². The first-order valence-electron chi connectivity index (χ1n) is 6.24. The lowest BCUT2D eigenvalue weighted by molar-refractivity contribution is 0.746. The van der Waals surface area contributed by atoms with Gasteiger partial charge in [-0.3, -0.25) is 9.25 Å². The molecule has 98 valence electrons. The number of hydrogen-bond donors (Lipinski definition) is 1. The molecule has 19 heavy (non-hydrogen) atoms. The van der Waals surface area contributed by atoms with Crippen LogP contribution in [-0.4, -0.2) is 24.3 Å². The maximum atomic E-state index is 6.06. The highest BCUT2D eigenvalue weighted by molar-refractivity contribution is 5.80. The van der Waals surface area contributed by atoms with E-state index in [-0.39, 0.29) is 0 Å². The Morgan fingerprint density at radius 3 is 2.89 bits per heavy atom. The van der Waals surface area contributed by atoms with Gasteiger partial charge >= 0.3 is 0 Å². The molecule has 6 heteroatoms. The first-order chi connectivity index (χ1) is 9.11. The molecule has 6 nitrogen and oxygen atoms in total. The molecule has 0 fully saturated rings. The average molecular weight is 256 g/mol. The predicted molar refractivity (Wildman–Crippen MR) is 74.2 cm³/mol. The Morgan fingerprint density at radius 2 is 2.16 bits per heavy atom. The van der Waals surface area contributed by atoms with Crippen LogP contribution >= 0.6 is 0 Å². The van der Waals surface area contributed by atoms with Gasteiger partial charge in [0.2, 0.25) is 5.95 Å². The number of fused-ring (bicyclic) bond motifs is 1. The van der Waals surface area contributed by atoms with Crippen LogP contribution in [0.5, 0.6) is 0 Å². The first kappa shape index (κ1) is 11.7. The smallest absolute Gasteiger partial charge is 0.207 e. The van der Waals surface area contributed by atoms with Crippen LogP contribution in [0.4, 0.5) is 5.95 Å². The van der Waals surface area contributed by atoms with E-state index in [0.717, 1.165) is 34.5 Å². The normalized spacial score (nSPS) is 11.3.